The first kappa shape index (κ1) is 11.6. The van der Waals surface area contributed by atoms with Crippen LogP contribution >= 0.6 is 0 Å². The van der Waals surface area contributed by atoms with E-state index in [1.165, 1.54) is 36.8 Å². The van der Waals surface area contributed by atoms with Gasteiger partial charge in [-0.25, -0.2) is 0 Å². The minimum atomic E-state index is 0.541. The SMILES string of the molecule is CN1C=Cc2ccccc2[C@H]1C[C@H]1C=CCCC1. The lowest BCUT2D eigenvalue weighted by Crippen LogP contribution is -2.25. The summed E-state index contributed by atoms with van der Waals surface area (Å²) in [5.41, 5.74) is 2.88. The second-order valence-electron chi connectivity index (χ2n) is 5.48. The van der Waals surface area contributed by atoms with E-state index >= 15 is 0 Å². The molecule has 1 heterocycles. The first-order valence-corrected chi connectivity index (χ1v) is 7.00. The van der Waals surface area contributed by atoms with Crippen molar-refractivity contribution in [2.75, 3.05) is 7.05 Å². The van der Waals surface area contributed by atoms with E-state index in [0.717, 1.165) is 5.92 Å². The van der Waals surface area contributed by atoms with Crippen molar-refractivity contribution in [1.29, 1.82) is 0 Å². The summed E-state index contributed by atoms with van der Waals surface area (Å²) in [5.74, 6) is 0.755. The molecule has 0 saturated heterocycles. The van der Waals surface area contributed by atoms with Crippen molar-refractivity contribution < 1.29 is 0 Å². The van der Waals surface area contributed by atoms with Crippen molar-refractivity contribution in [2.45, 2.75) is 31.7 Å². The van der Waals surface area contributed by atoms with Crippen LogP contribution in [0, 0.1) is 5.92 Å². The lowest BCUT2D eigenvalue weighted by Gasteiger charge is -2.34. The van der Waals surface area contributed by atoms with Gasteiger partial charge in [0, 0.05) is 7.05 Å². The quantitative estimate of drug-likeness (QED) is 0.692. The summed E-state index contributed by atoms with van der Waals surface area (Å²) < 4.78 is 0. The van der Waals surface area contributed by atoms with Crippen LogP contribution in [-0.2, 0) is 0 Å². The Labute approximate surface area is 110 Å². The Hall–Kier alpha value is -1.50. The second-order valence-corrected chi connectivity index (χ2v) is 5.48. The lowest BCUT2D eigenvalue weighted by molar-refractivity contribution is 0.280. The van der Waals surface area contributed by atoms with Crippen LogP contribution in [-0.4, -0.2) is 11.9 Å². The van der Waals surface area contributed by atoms with Crippen molar-refractivity contribution >= 4 is 6.08 Å². The maximum Gasteiger partial charge on any atom is 0.0545 e. The summed E-state index contributed by atoms with van der Waals surface area (Å²) in [5, 5.41) is 0. The molecule has 1 aromatic rings. The first-order chi connectivity index (χ1) is 8.84. The number of hydrogen-bond acceptors (Lipinski definition) is 1. The zero-order valence-corrected chi connectivity index (χ0v) is 11.0. The van der Waals surface area contributed by atoms with Crippen LogP contribution in [0.1, 0.15) is 42.9 Å². The van der Waals surface area contributed by atoms with E-state index in [2.05, 4.69) is 60.6 Å². The normalized spacial score (nSPS) is 26.2. The molecule has 2 aliphatic rings. The highest BCUT2D eigenvalue weighted by molar-refractivity contribution is 5.56. The molecule has 0 unspecified atom stereocenters. The number of hydrogen-bond donors (Lipinski definition) is 0. The molecule has 0 N–H and O–H groups in total. The van der Waals surface area contributed by atoms with E-state index < -0.39 is 0 Å². The van der Waals surface area contributed by atoms with Gasteiger partial charge >= 0.3 is 0 Å². The van der Waals surface area contributed by atoms with Crippen molar-refractivity contribution in [3.63, 3.8) is 0 Å². The van der Waals surface area contributed by atoms with Gasteiger partial charge in [0.1, 0.15) is 0 Å². The Kier molecular flexibility index (Phi) is 3.22. The van der Waals surface area contributed by atoms with Gasteiger partial charge in [0.05, 0.1) is 6.04 Å². The van der Waals surface area contributed by atoms with Gasteiger partial charge in [-0.1, -0.05) is 36.4 Å². The predicted molar refractivity (Wildman–Crippen MR) is 77.1 cm³/mol. The smallest absolute Gasteiger partial charge is 0.0545 e. The molecule has 0 spiro atoms. The molecule has 1 aliphatic heterocycles. The Bertz CT molecular complexity index is 472. The number of fused-ring (bicyclic) bond motifs is 1. The number of nitrogens with zero attached hydrogens (tertiary/aromatic N) is 1. The molecular weight excluding hydrogens is 218 g/mol. The molecule has 18 heavy (non-hydrogen) atoms. The third kappa shape index (κ3) is 2.22. The summed E-state index contributed by atoms with van der Waals surface area (Å²) in [6, 6.07) is 9.34. The molecule has 0 fully saturated rings. The van der Waals surface area contributed by atoms with Crippen LogP contribution in [0.3, 0.4) is 0 Å². The number of allylic oxidation sites excluding steroid dienone is 2. The van der Waals surface area contributed by atoms with Crippen LogP contribution in [0.2, 0.25) is 0 Å². The Morgan fingerprint density at radius 1 is 1.28 bits per heavy atom. The van der Waals surface area contributed by atoms with Gasteiger partial charge in [-0.2, -0.15) is 0 Å². The monoisotopic (exact) mass is 239 g/mol. The zero-order valence-electron chi connectivity index (χ0n) is 11.0. The minimum Gasteiger partial charge on any atom is -0.373 e. The molecule has 3 rings (SSSR count). The fourth-order valence-electron chi connectivity index (χ4n) is 3.15. The fourth-order valence-corrected chi connectivity index (χ4v) is 3.15. The third-order valence-corrected chi connectivity index (χ3v) is 4.22. The number of benzene rings is 1. The average Bonchev–Trinajstić information content (AvgIpc) is 2.43. The topological polar surface area (TPSA) is 3.24 Å². The van der Waals surface area contributed by atoms with Gasteiger partial charge < -0.3 is 4.90 Å². The van der Waals surface area contributed by atoms with E-state index in [0.29, 0.717) is 6.04 Å². The van der Waals surface area contributed by atoms with Gasteiger partial charge in [0.15, 0.2) is 0 Å². The van der Waals surface area contributed by atoms with Gasteiger partial charge in [-0.05, 0) is 55.0 Å². The van der Waals surface area contributed by atoms with Gasteiger partial charge in [-0.15, -0.1) is 0 Å². The molecule has 94 valence electrons. The number of rotatable bonds is 2. The molecule has 1 aliphatic carbocycles. The summed E-state index contributed by atoms with van der Waals surface area (Å²) in [7, 11) is 2.20. The van der Waals surface area contributed by atoms with Crippen LogP contribution in [0.5, 0.6) is 0 Å². The summed E-state index contributed by atoms with van der Waals surface area (Å²) >= 11 is 0. The highest BCUT2D eigenvalue weighted by Crippen LogP contribution is 2.36. The van der Waals surface area contributed by atoms with Crippen molar-refractivity contribution in [3.8, 4) is 0 Å². The lowest BCUT2D eigenvalue weighted by atomic mass is 9.85. The zero-order chi connectivity index (χ0) is 12.4. The van der Waals surface area contributed by atoms with E-state index in [1.807, 2.05) is 0 Å². The van der Waals surface area contributed by atoms with E-state index in [1.54, 1.807) is 0 Å². The van der Waals surface area contributed by atoms with Gasteiger partial charge in [0.25, 0.3) is 0 Å². The van der Waals surface area contributed by atoms with Gasteiger partial charge in [0.2, 0.25) is 0 Å². The molecule has 0 bridgehead atoms. The maximum atomic E-state index is 2.43. The molecule has 0 aromatic heterocycles. The average molecular weight is 239 g/mol. The summed E-state index contributed by atoms with van der Waals surface area (Å²) in [6.45, 7) is 0. The van der Waals surface area contributed by atoms with E-state index in [-0.39, 0.29) is 0 Å². The highest BCUT2D eigenvalue weighted by atomic mass is 15.1. The van der Waals surface area contributed by atoms with E-state index in [9.17, 15) is 0 Å². The van der Waals surface area contributed by atoms with Gasteiger partial charge in [-0.3, -0.25) is 0 Å². The largest absolute Gasteiger partial charge is 0.373 e. The van der Waals surface area contributed by atoms with Crippen molar-refractivity contribution in [2.24, 2.45) is 5.92 Å². The molecule has 1 aromatic carbocycles. The Morgan fingerprint density at radius 3 is 3.00 bits per heavy atom. The molecular formula is C17H21N. The molecule has 1 heteroatoms. The van der Waals surface area contributed by atoms with Crippen molar-refractivity contribution in [3.05, 3.63) is 53.7 Å². The highest BCUT2D eigenvalue weighted by Gasteiger charge is 2.23. The molecule has 0 saturated carbocycles. The Morgan fingerprint density at radius 2 is 2.17 bits per heavy atom. The standard InChI is InChI=1S/C17H21N/c1-18-12-11-15-9-5-6-10-16(15)17(18)13-14-7-3-2-4-8-14/h3,5-7,9-12,14,17H,2,4,8,13H2,1H3/t14-,17+/m0/s1. The maximum absolute atomic E-state index is 2.43. The predicted octanol–water partition coefficient (Wildman–Crippen LogP) is 4.39. The molecule has 2 atom stereocenters. The summed E-state index contributed by atoms with van der Waals surface area (Å²) in [6.07, 6.45) is 14.5. The molecule has 0 radical (unpaired) electrons. The third-order valence-electron chi connectivity index (χ3n) is 4.22. The molecule has 1 nitrogen and oxygen atoms in total. The van der Waals surface area contributed by atoms with Crippen LogP contribution in [0.4, 0.5) is 0 Å². The van der Waals surface area contributed by atoms with Crippen LogP contribution in [0.25, 0.3) is 6.08 Å². The van der Waals surface area contributed by atoms with E-state index in [4.69, 9.17) is 0 Å². The van der Waals surface area contributed by atoms with Crippen LogP contribution in [0.15, 0.2) is 42.6 Å². The first-order valence-electron chi connectivity index (χ1n) is 7.00. The van der Waals surface area contributed by atoms with Crippen LogP contribution < -0.4 is 0 Å². The Balaban J connectivity index is 1.84. The fraction of sp³-hybridized carbons (Fsp3) is 0.412. The summed E-state index contributed by atoms with van der Waals surface area (Å²) in [4.78, 5) is 2.37. The molecule has 0 amide bonds. The second kappa shape index (κ2) is 5.01. The minimum absolute atomic E-state index is 0.541. The van der Waals surface area contributed by atoms with Crippen molar-refractivity contribution in [1.82, 2.24) is 4.90 Å².